The number of aliphatic hydroxyl groups is 1. The van der Waals surface area contributed by atoms with Crippen molar-refractivity contribution >= 4 is 23.2 Å². The number of rotatable bonds is 5. The molecule has 1 aromatic rings. The van der Waals surface area contributed by atoms with Crippen molar-refractivity contribution in [1.82, 2.24) is 10.2 Å². The van der Waals surface area contributed by atoms with Crippen LogP contribution in [0.15, 0.2) is 17.5 Å². The van der Waals surface area contributed by atoms with Gasteiger partial charge in [-0.3, -0.25) is 9.59 Å². The largest absolute Gasteiger partial charge is 0.396 e. The van der Waals surface area contributed by atoms with Gasteiger partial charge in [0.25, 0.3) is 5.91 Å². The van der Waals surface area contributed by atoms with E-state index in [2.05, 4.69) is 5.32 Å². The van der Waals surface area contributed by atoms with Crippen molar-refractivity contribution in [3.8, 4) is 0 Å². The van der Waals surface area contributed by atoms with Crippen molar-refractivity contribution in [2.75, 3.05) is 19.7 Å². The number of nitrogens with one attached hydrogen (secondary N) is 1. The van der Waals surface area contributed by atoms with E-state index >= 15 is 0 Å². The molecule has 1 saturated heterocycles. The molecular weight excluding hydrogens is 276 g/mol. The monoisotopic (exact) mass is 296 g/mol. The molecule has 0 aliphatic carbocycles. The third-order valence-corrected chi connectivity index (χ3v) is 4.29. The number of likely N-dealkylation sites (tertiary alicyclic amines) is 1. The quantitative estimate of drug-likeness (QED) is 0.803. The molecule has 1 fully saturated rings. The molecule has 110 valence electrons. The maximum absolute atomic E-state index is 12.4. The van der Waals surface area contributed by atoms with E-state index < -0.39 is 0 Å². The van der Waals surface area contributed by atoms with Gasteiger partial charge in [0.1, 0.15) is 6.04 Å². The number of nitrogens with zero attached hydrogens (tertiary/aromatic N) is 1. The molecular formula is C14H20N2O3S. The summed E-state index contributed by atoms with van der Waals surface area (Å²) in [6.45, 7) is 1.14. The molecule has 2 rings (SSSR count). The number of hydrogen-bond donors (Lipinski definition) is 2. The number of carbonyl (C=O) groups is 2. The first kappa shape index (κ1) is 15.0. The fourth-order valence-electron chi connectivity index (χ4n) is 2.40. The van der Waals surface area contributed by atoms with Crippen molar-refractivity contribution in [1.29, 1.82) is 0 Å². The number of carbonyl (C=O) groups excluding carboxylic acids is 2. The SMILES string of the molecule is O=C(NCCCO)C1CCCCN1C(=O)c1cccs1. The first-order valence-corrected chi connectivity index (χ1v) is 7.85. The van der Waals surface area contributed by atoms with Gasteiger partial charge in [0.2, 0.25) is 5.91 Å². The van der Waals surface area contributed by atoms with Gasteiger partial charge in [0.05, 0.1) is 4.88 Å². The Bertz CT molecular complexity index is 447. The molecule has 1 atom stereocenters. The van der Waals surface area contributed by atoms with Crippen LogP contribution in [0.5, 0.6) is 0 Å². The number of amides is 2. The molecule has 20 heavy (non-hydrogen) atoms. The van der Waals surface area contributed by atoms with E-state index in [1.807, 2.05) is 11.4 Å². The van der Waals surface area contributed by atoms with E-state index in [0.717, 1.165) is 12.8 Å². The van der Waals surface area contributed by atoms with Crippen LogP contribution in [0.4, 0.5) is 0 Å². The molecule has 5 nitrogen and oxygen atoms in total. The van der Waals surface area contributed by atoms with Gasteiger partial charge in [-0.05, 0) is 37.1 Å². The van der Waals surface area contributed by atoms with Gasteiger partial charge in [0, 0.05) is 19.7 Å². The van der Waals surface area contributed by atoms with Crippen LogP contribution >= 0.6 is 11.3 Å². The second-order valence-corrected chi connectivity index (χ2v) is 5.80. The highest BCUT2D eigenvalue weighted by Crippen LogP contribution is 2.21. The Hall–Kier alpha value is -1.40. The van der Waals surface area contributed by atoms with Crippen molar-refractivity contribution in [3.63, 3.8) is 0 Å². The Balaban J connectivity index is 2.01. The topological polar surface area (TPSA) is 69.6 Å². The smallest absolute Gasteiger partial charge is 0.264 e. The summed E-state index contributed by atoms with van der Waals surface area (Å²) in [5, 5.41) is 13.4. The number of thiophene rings is 1. The average Bonchev–Trinajstić information content (AvgIpc) is 3.01. The molecule has 1 aliphatic rings. The second-order valence-electron chi connectivity index (χ2n) is 4.86. The van der Waals surface area contributed by atoms with Crippen LogP contribution in [0, 0.1) is 0 Å². The van der Waals surface area contributed by atoms with Crippen LogP contribution in [0.3, 0.4) is 0 Å². The van der Waals surface area contributed by atoms with Crippen molar-refractivity contribution in [2.24, 2.45) is 0 Å². The van der Waals surface area contributed by atoms with Crippen molar-refractivity contribution in [3.05, 3.63) is 22.4 Å². The van der Waals surface area contributed by atoms with E-state index in [-0.39, 0.29) is 24.5 Å². The zero-order valence-electron chi connectivity index (χ0n) is 11.4. The van der Waals surface area contributed by atoms with E-state index in [4.69, 9.17) is 5.11 Å². The van der Waals surface area contributed by atoms with Gasteiger partial charge in [0.15, 0.2) is 0 Å². The van der Waals surface area contributed by atoms with Gasteiger partial charge < -0.3 is 15.3 Å². The van der Waals surface area contributed by atoms with Crippen LogP contribution in [0.25, 0.3) is 0 Å². The van der Waals surface area contributed by atoms with Crippen molar-refractivity contribution < 1.29 is 14.7 Å². The Morgan fingerprint density at radius 3 is 3.00 bits per heavy atom. The van der Waals surface area contributed by atoms with Gasteiger partial charge in [-0.1, -0.05) is 6.07 Å². The van der Waals surface area contributed by atoms with Gasteiger partial charge in [-0.25, -0.2) is 0 Å². The van der Waals surface area contributed by atoms with E-state index in [1.165, 1.54) is 11.3 Å². The van der Waals surface area contributed by atoms with Crippen LogP contribution < -0.4 is 5.32 Å². The van der Waals surface area contributed by atoms with E-state index in [0.29, 0.717) is 30.8 Å². The molecule has 1 aromatic heterocycles. The fourth-order valence-corrected chi connectivity index (χ4v) is 3.08. The zero-order valence-corrected chi connectivity index (χ0v) is 12.2. The lowest BCUT2D eigenvalue weighted by atomic mass is 10.0. The Morgan fingerprint density at radius 2 is 2.30 bits per heavy atom. The predicted octanol–water partition coefficient (Wildman–Crippen LogP) is 1.24. The minimum atomic E-state index is -0.378. The molecule has 2 heterocycles. The van der Waals surface area contributed by atoms with Gasteiger partial charge >= 0.3 is 0 Å². The first-order chi connectivity index (χ1) is 9.74. The van der Waals surface area contributed by atoms with Crippen LogP contribution in [0.1, 0.15) is 35.4 Å². The highest BCUT2D eigenvalue weighted by atomic mass is 32.1. The Kier molecular flexibility index (Phi) is 5.55. The highest BCUT2D eigenvalue weighted by Gasteiger charge is 2.32. The predicted molar refractivity (Wildman–Crippen MR) is 77.7 cm³/mol. The average molecular weight is 296 g/mol. The molecule has 0 spiro atoms. The second kappa shape index (κ2) is 7.40. The van der Waals surface area contributed by atoms with E-state index in [1.54, 1.807) is 11.0 Å². The third-order valence-electron chi connectivity index (χ3n) is 3.43. The lowest BCUT2D eigenvalue weighted by molar-refractivity contribution is -0.126. The first-order valence-electron chi connectivity index (χ1n) is 6.97. The lowest BCUT2D eigenvalue weighted by Crippen LogP contribution is -2.52. The fraction of sp³-hybridized carbons (Fsp3) is 0.571. The molecule has 2 amide bonds. The van der Waals surface area contributed by atoms with Gasteiger partial charge in [-0.2, -0.15) is 0 Å². The molecule has 1 unspecified atom stereocenters. The molecule has 0 saturated carbocycles. The normalized spacial score (nSPS) is 18.9. The van der Waals surface area contributed by atoms with Crippen molar-refractivity contribution in [2.45, 2.75) is 31.7 Å². The number of aliphatic hydroxyl groups excluding tert-OH is 1. The minimum Gasteiger partial charge on any atom is -0.396 e. The standard InChI is InChI=1S/C14H20N2O3S/c17-9-4-7-15-13(18)11-5-1-2-8-16(11)14(19)12-6-3-10-20-12/h3,6,10-11,17H,1-2,4-5,7-9H2,(H,15,18). The summed E-state index contributed by atoms with van der Waals surface area (Å²) in [7, 11) is 0. The summed E-state index contributed by atoms with van der Waals surface area (Å²) < 4.78 is 0. The third kappa shape index (κ3) is 3.58. The summed E-state index contributed by atoms with van der Waals surface area (Å²) in [6.07, 6.45) is 3.16. The Labute approximate surface area is 122 Å². The summed E-state index contributed by atoms with van der Waals surface area (Å²) in [5.41, 5.74) is 0. The van der Waals surface area contributed by atoms with Crippen LogP contribution in [-0.4, -0.2) is 47.6 Å². The van der Waals surface area contributed by atoms with Crippen LogP contribution in [-0.2, 0) is 4.79 Å². The zero-order chi connectivity index (χ0) is 14.4. The lowest BCUT2D eigenvalue weighted by Gasteiger charge is -2.34. The molecule has 0 aromatic carbocycles. The highest BCUT2D eigenvalue weighted by molar-refractivity contribution is 7.12. The molecule has 0 radical (unpaired) electrons. The summed E-state index contributed by atoms with van der Waals surface area (Å²) in [6, 6.07) is 3.26. The Morgan fingerprint density at radius 1 is 1.45 bits per heavy atom. The molecule has 2 N–H and O–H groups in total. The summed E-state index contributed by atoms with van der Waals surface area (Å²) >= 11 is 1.40. The number of piperidine rings is 1. The van der Waals surface area contributed by atoms with E-state index in [9.17, 15) is 9.59 Å². The summed E-state index contributed by atoms with van der Waals surface area (Å²) in [5.74, 6) is -0.162. The summed E-state index contributed by atoms with van der Waals surface area (Å²) in [4.78, 5) is 27.0. The number of hydrogen-bond acceptors (Lipinski definition) is 4. The minimum absolute atomic E-state index is 0.0537. The van der Waals surface area contributed by atoms with Gasteiger partial charge in [-0.15, -0.1) is 11.3 Å². The maximum Gasteiger partial charge on any atom is 0.264 e. The van der Waals surface area contributed by atoms with Crippen LogP contribution in [0.2, 0.25) is 0 Å². The molecule has 0 bridgehead atoms. The molecule has 1 aliphatic heterocycles. The maximum atomic E-state index is 12.4. The molecule has 6 heteroatoms.